The van der Waals surface area contributed by atoms with E-state index in [1.165, 1.54) is 39.3 Å². The highest BCUT2D eigenvalue weighted by atomic mass is 19.1. The molecule has 0 unspecified atom stereocenters. The molecule has 6 nitrogen and oxygen atoms in total. The summed E-state index contributed by atoms with van der Waals surface area (Å²) in [5.41, 5.74) is 2.07. The number of hydrogen-bond acceptors (Lipinski definition) is 5. The summed E-state index contributed by atoms with van der Waals surface area (Å²) in [6.45, 7) is 2.90. The molecule has 2 rings (SSSR count). The van der Waals surface area contributed by atoms with E-state index in [0.29, 0.717) is 22.6 Å². The predicted molar refractivity (Wildman–Crippen MR) is 95.8 cm³/mol. The zero-order chi connectivity index (χ0) is 19.2. The second-order valence-corrected chi connectivity index (χ2v) is 6.09. The minimum absolute atomic E-state index is 0.171. The molecule has 0 saturated carbocycles. The highest BCUT2D eigenvalue weighted by Crippen LogP contribution is 2.28. The molecule has 7 heteroatoms. The van der Waals surface area contributed by atoms with Crippen molar-refractivity contribution in [1.29, 1.82) is 0 Å². The Hall–Kier alpha value is -2.93. The lowest BCUT2D eigenvalue weighted by Crippen LogP contribution is -2.39. The average Bonchev–Trinajstić information content (AvgIpc) is 2.59. The second-order valence-electron chi connectivity index (χ2n) is 6.09. The van der Waals surface area contributed by atoms with Crippen molar-refractivity contribution in [2.75, 3.05) is 7.11 Å². The number of benzene rings is 2. The van der Waals surface area contributed by atoms with Gasteiger partial charge >= 0.3 is 0 Å². The maximum absolute atomic E-state index is 13.2. The Balaban J connectivity index is 2.08. The number of rotatable bonds is 7. The molecule has 0 spiro atoms. The third-order valence-electron chi connectivity index (χ3n) is 3.41. The van der Waals surface area contributed by atoms with Gasteiger partial charge in [0.2, 0.25) is 0 Å². The van der Waals surface area contributed by atoms with Gasteiger partial charge in [0.05, 0.1) is 13.3 Å². The molecule has 0 aliphatic heterocycles. The fraction of sp³-hybridized carbons (Fsp3) is 0.263. The van der Waals surface area contributed by atoms with Gasteiger partial charge in [-0.05, 0) is 55.3 Å². The molecule has 2 aromatic carbocycles. The SMILES string of the molecule is COc1ccc(/C=N\NC(=O)C(C)(C)O)cc1OCc1cccc(F)c1. The number of aliphatic hydroxyl groups is 1. The van der Waals surface area contributed by atoms with Crippen LogP contribution in [0.5, 0.6) is 11.5 Å². The van der Waals surface area contributed by atoms with Crippen LogP contribution in [0.15, 0.2) is 47.6 Å². The van der Waals surface area contributed by atoms with E-state index in [1.807, 2.05) is 0 Å². The minimum Gasteiger partial charge on any atom is -0.493 e. The molecule has 0 fully saturated rings. The summed E-state index contributed by atoms with van der Waals surface area (Å²) in [6.07, 6.45) is 1.41. The van der Waals surface area contributed by atoms with Crippen molar-refractivity contribution >= 4 is 12.1 Å². The molecule has 0 saturated heterocycles. The lowest BCUT2D eigenvalue weighted by atomic mass is 10.1. The fourth-order valence-electron chi connectivity index (χ4n) is 1.98. The van der Waals surface area contributed by atoms with E-state index in [4.69, 9.17) is 9.47 Å². The van der Waals surface area contributed by atoms with Gasteiger partial charge < -0.3 is 14.6 Å². The van der Waals surface area contributed by atoms with Crippen molar-refractivity contribution in [3.63, 3.8) is 0 Å². The van der Waals surface area contributed by atoms with Gasteiger partial charge in [-0.2, -0.15) is 5.10 Å². The van der Waals surface area contributed by atoms with Crippen molar-refractivity contribution in [1.82, 2.24) is 5.43 Å². The van der Waals surface area contributed by atoms with Gasteiger partial charge in [-0.1, -0.05) is 12.1 Å². The molecule has 0 bridgehead atoms. The van der Waals surface area contributed by atoms with E-state index in [2.05, 4.69) is 10.5 Å². The number of methoxy groups -OCH3 is 1. The monoisotopic (exact) mass is 360 g/mol. The summed E-state index contributed by atoms with van der Waals surface area (Å²) < 4.78 is 24.2. The summed E-state index contributed by atoms with van der Waals surface area (Å²) in [5.74, 6) is 0.0138. The standard InChI is InChI=1S/C19H21FN2O4/c1-19(2,24)18(23)22-21-11-13-7-8-16(25-3)17(10-13)26-12-14-5-4-6-15(20)9-14/h4-11,24H,12H2,1-3H3,(H,22,23)/b21-11-. The smallest absolute Gasteiger partial charge is 0.271 e. The average molecular weight is 360 g/mol. The van der Waals surface area contributed by atoms with Crippen LogP contribution in [0.1, 0.15) is 25.0 Å². The van der Waals surface area contributed by atoms with Crippen LogP contribution in [0.4, 0.5) is 4.39 Å². The molecule has 2 aromatic rings. The zero-order valence-corrected chi connectivity index (χ0v) is 14.8. The van der Waals surface area contributed by atoms with Gasteiger partial charge in [0.15, 0.2) is 11.5 Å². The van der Waals surface area contributed by atoms with Crippen LogP contribution in [0.3, 0.4) is 0 Å². The Labute approximate surface area is 151 Å². The predicted octanol–water partition coefficient (Wildman–Crippen LogP) is 2.63. The van der Waals surface area contributed by atoms with Crippen molar-refractivity contribution < 1.29 is 23.8 Å². The normalized spacial score (nSPS) is 11.4. The summed E-state index contributed by atoms with van der Waals surface area (Å²) in [5, 5.41) is 13.3. The van der Waals surface area contributed by atoms with Gasteiger partial charge in [0, 0.05) is 0 Å². The summed E-state index contributed by atoms with van der Waals surface area (Å²) >= 11 is 0. The van der Waals surface area contributed by atoms with E-state index in [1.54, 1.807) is 30.3 Å². The molecule has 0 heterocycles. The number of carbonyl (C=O) groups is 1. The first-order chi connectivity index (χ1) is 12.3. The van der Waals surface area contributed by atoms with Gasteiger partial charge in [0.1, 0.15) is 18.0 Å². The molecule has 138 valence electrons. The van der Waals surface area contributed by atoms with Crippen LogP contribution >= 0.6 is 0 Å². The Morgan fingerprint density at radius 3 is 2.69 bits per heavy atom. The highest BCUT2D eigenvalue weighted by Gasteiger charge is 2.22. The van der Waals surface area contributed by atoms with Crippen LogP contribution in [-0.4, -0.2) is 29.9 Å². The first-order valence-corrected chi connectivity index (χ1v) is 7.91. The van der Waals surface area contributed by atoms with Crippen LogP contribution in [-0.2, 0) is 11.4 Å². The Morgan fingerprint density at radius 1 is 1.27 bits per heavy atom. The van der Waals surface area contributed by atoms with Crippen LogP contribution < -0.4 is 14.9 Å². The van der Waals surface area contributed by atoms with Crippen LogP contribution in [0.2, 0.25) is 0 Å². The third kappa shape index (κ3) is 5.56. The molecule has 0 aliphatic carbocycles. The van der Waals surface area contributed by atoms with Crippen molar-refractivity contribution in [2.24, 2.45) is 5.10 Å². The maximum Gasteiger partial charge on any atom is 0.271 e. The van der Waals surface area contributed by atoms with E-state index in [0.717, 1.165) is 0 Å². The molecule has 26 heavy (non-hydrogen) atoms. The van der Waals surface area contributed by atoms with E-state index >= 15 is 0 Å². The van der Waals surface area contributed by atoms with Gasteiger partial charge in [0.25, 0.3) is 5.91 Å². The van der Waals surface area contributed by atoms with E-state index < -0.39 is 11.5 Å². The Bertz CT molecular complexity index is 800. The van der Waals surface area contributed by atoms with Crippen molar-refractivity contribution in [3.8, 4) is 11.5 Å². The zero-order valence-electron chi connectivity index (χ0n) is 14.8. The number of nitrogens with zero attached hydrogens (tertiary/aromatic N) is 1. The quantitative estimate of drug-likeness (QED) is 0.588. The van der Waals surface area contributed by atoms with Crippen molar-refractivity contribution in [2.45, 2.75) is 26.1 Å². The summed E-state index contributed by atoms with van der Waals surface area (Å²) in [6, 6.07) is 11.2. The topological polar surface area (TPSA) is 80.2 Å². The lowest BCUT2D eigenvalue weighted by Gasteiger charge is -2.13. The second kappa shape index (κ2) is 8.44. The number of nitrogens with one attached hydrogen (secondary N) is 1. The lowest BCUT2D eigenvalue weighted by molar-refractivity contribution is -0.136. The highest BCUT2D eigenvalue weighted by molar-refractivity contribution is 5.86. The maximum atomic E-state index is 13.2. The summed E-state index contributed by atoms with van der Waals surface area (Å²) in [7, 11) is 1.52. The summed E-state index contributed by atoms with van der Waals surface area (Å²) in [4.78, 5) is 11.6. The first-order valence-electron chi connectivity index (χ1n) is 7.91. The molecule has 0 radical (unpaired) electrons. The first kappa shape index (κ1) is 19.4. The van der Waals surface area contributed by atoms with Gasteiger partial charge in [-0.3, -0.25) is 4.79 Å². The largest absolute Gasteiger partial charge is 0.493 e. The van der Waals surface area contributed by atoms with Crippen LogP contribution in [0, 0.1) is 5.82 Å². The number of hydrogen-bond donors (Lipinski definition) is 2. The number of ether oxygens (including phenoxy) is 2. The molecule has 1 amide bonds. The Morgan fingerprint density at radius 2 is 2.04 bits per heavy atom. The molecule has 2 N–H and O–H groups in total. The third-order valence-corrected chi connectivity index (χ3v) is 3.41. The van der Waals surface area contributed by atoms with Gasteiger partial charge in [-0.25, -0.2) is 9.82 Å². The fourth-order valence-corrected chi connectivity index (χ4v) is 1.98. The number of halogens is 1. The molecular formula is C19H21FN2O4. The number of carbonyl (C=O) groups excluding carboxylic acids is 1. The molecule has 0 aromatic heterocycles. The molecule has 0 atom stereocenters. The molecular weight excluding hydrogens is 339 g/mol. The van der Waals surface area contributed by atoms with Crippen LogP contribution in [0.25, 0.3) is 0 Å². The van der Waals surface area contributed by atoms with Gasteiger partial charge in [-0.15, -0.1) is 0 Å². The van der Waals surface area contributed by atoms with E-state index in [9.17, 15) is 14.3 Å². The van der Waals surface area contributed by atoms with E-state index in [-0.39, 0.29) is 12.4 Å². The minimum atomic E-state index is -1.52. The van der Waals surface area contributed by atoms with Crippen molar-refractivity contribution in [3.05, 3.63) is 59.4 Å². The number of hydrazone groups is 1. The Kier molecular flexibility index (Phi) is 6.30. The molecule has 0 aliphatic rings. The number of amides is 1.